The lowest BCUT2D eigenvalue weighted by molar-refractivity contribution is 0.376. The molecule has 0 spiro atoms. The van der Waals surface area contributed by atoms with Crippen LogP contribution >= 0.6 is 23.2 Å². The average molecular weight is 291 g/mol. The SMILES string of the molecule is CC(C)(C)c1c(O)c(O)c(C(C)(C)C)c(Cl)c1Cl. The molecule has 18 heavy (non-hydrogen) atoms. The molecule has 0 atom stereocenters. The summed E-state index contributed by atoms with van der Waals surface area (Å²) in [7, 11) is 0. The fourth-order valence-corrected chi connectivity index (χ4v) is 2.97. The Morgan fingerprint density at radius 2 is 0.889 bits per heavy atom. The van der Waals surface area contributed by atoms with Gasteiger partial charge < -0.3 is 10.2 Å². The van der Waals surface area contributed by atoms with Crippen LogP contribution in [-0.2, 0) is 10.8 Å². The van der Waals surface area contributed by atoms with Gasteiger partial charge in [0.2, 0.25) is 0 Å². The molecular formula is C14H20Cl2O2. The Labute approximate surface area is 119 Å². The standard InChI is InChI=1S/C14H20Cl2O2/c1-13(2,3)7-9(15)10(16)8(14(4,5)6)12(18)11(7)17/h17-18H,1-6H3. The molecule has 102 valence electrons. The number of hydrogen-bond acceptors (Lipinski definition) is 2. The molecule has 1 rings (SSSR count). The van der Waals surface area contributed by atoms with Crippen LogP contribution in [-0.4, -0.2) is 10.2 Å². The van der Waals surface area contributed by atoms with Crippen molar-refractivity contribution in [2.75, 3.05) is 0 Å². The van der Waals surface area contributed by atoms with E-state index in [0.29, 0.717) is 21.2 Å². The Kier molecular flexibility index (Phi) is 3.86. The van der Waals surface area contributed by atoms with E-state index in [1.807, 2.05) is 41.5 Å². The normalized spacial score (nSPS) is 12.9. The van der Waals surface area contributed by atoms with Gasteiger partial charge in [-0.15, -0.1) is 0 Å². The first kappa shape index (κ1) is 15.5. The second-order valence-electron chi connectivity index (χ2n) is 6.58. The van der Waals surface area contributed by atoms with Gasteiger partial charge in [0.25, 0.3) is 0 Å². The third kappa shape index (κ3) is 2.55. The van der Waals surface area contributed by atoms with E-state index >= 15 is 0 Å². The van der Waals surface area contributed by atoms with Gasteiger partial charge in [-0.05, 0) is 10.8 Å². The lowest BCUT2D eigenvalue weighted by Crippen LogP contribution is -2.17. The Bertz CT molecular complexity index is 406. The summed E-state index contributed by atoms with van der Waals surface area (Å²) in [6.07, 6.45) is 0. The molecule has 4 heteroatoms. The van der Waals surface area contributed by atoms with Crippen LogP contribution in [0.15, 0.2) is 0 Å². The monoisotopic (exact) mass is 290 g/mol. The van der Waals surface area contributed by atoms with Crippen LogP contribution in [0.25, 0.3) is 0 Å². The maximum atomic E-state index is 10.2. The summed E-state index contributed by atoms with van der Waals surface area (Å²) in [5.41, 5.74) is 0.136. The average Bonchev–Trinajstić information content (AvgIpc) is 2.10. The molecule has 2 N–H and O–H groups in total. The molecular weight excluding hydrogens is 271 g/mol. The molecule has 2 nitrogen and oxygen atoms in total. The van der Waals surface area contributed by atoms with Gasteiger partial charge in [0.1, 0.15) is 0 Å². The van der Waals surface area contributed by atoms with E-state index in [4.69, 9.17) is 23.2 Å². The van der Waals surface area contributed by atoms with Crippen LogP contribution in [0.3, 0.4) is 0 Å². The Balaban J connectivity index is 3.79. The zero-order valence-corrected chi connectivity index (χ0v) is 13.2. The summed E-state index contributed by atoms with van der Waals surface area (Å²) < 4.78 is 0. The molecule has 0 aliphatic heterocycles. The predicted octanol–water partition coefficient (Wildman–Crippen LogP) is 5.00. The number of phenolic OH excluding ortho intramolecular Hbond substituents is 2. The molecule has 0 fully saturated rings. The zero-order valence-electron chi connectivity index (χ0n) is 11.7. The molecule has 1 aromatic carbocycles. The van der Waals surface area contributed by atoms with E-state index < -0.39 is 10.8 Å². The summed E-state index contributed by atoms with van der Waals surface area (Å²) >= 11 is 12.5. The molecule has 0 saturated carbocycles. The smallest absolute Gasteiger partial charge is 0.163 e. The van der Waals surface area contributed by atoms with Crippen molar-refractivity contribution in [3.05, 3.63) is 21.2 Å². The Hall–Kier alpha value is -0.600. The van der Waals surface area contributed by atoms with Gasteiger partial charge in [0.05, 0.1) is 10.0 Å². The van der Waals surface area contributed by atoms with Gasteiger partial charge in [-0.2, -0.15) is 0 Å². The quantitative estimate of drug-likeness (QED) is 0.660. The highest BCUT2D eigenvalue weighted by Crippen LogP contribution is 2.51. The largest absolute Gasteiger partial charge is 0.504 e. The summed E-state index contributed by atoms with van der Waals surface area (Å²) in [5.74, 6) is -0.358. The summed E-state index contributed by atoms with van der Waals surface area (Å²) in [6.45, 7) is 11.4. The molecule has 0 aliphatic rings. The first-order valence-corrected chi connectivity index (χ1v) is 6.58. The summed E-state index contributed by atoms with van der Waals surface area (Å²) in [5, 5.41) is 21.0. The van der Waals surface area contributed by atoms with Gasteiger partial charge in [0, 0.05) is 11.1 Å². The molecule has 0 unspecified atom stereocenters. The van der Waals surface area contributed by atoms with Gasteiger partial charge >= 0.3 is 0 Å². The van der Waals surface area contributed by atoms with E-state index in [2.05, 4.69) is 0 Å². The Morgan fingerprint density at radius 3 is 1.06 bits per heavy atom. The maximum absolute atomic E-state index is 10.2. The highest BCUT2D eigenvalue weighted by Gasteiger charge is 2.32. The maximum Gasteiger partial charge on any atom is 0.163 e. The molecule has 0 aromatic heterocycles. The second kappa shape index (κ2) is 4.50. The highest BCUT2D eigenvalue weighted by molar-refractivity contribution is 6.43. The lowest BCUT2D eigenvalue weighted by atomic mass is 9.80. The molecule has 0 bridgehead atoms. The predicted molar refractivity (Wildman–Crippen MR) is 77.2 cm³/mol. The fourth-order valence-electron chi connectivity index (χ4n) is 2.03. The molecule has 0 amide bonds. The van der Waals surface area contributed by atoms with Crippen LogP contribution < -0.4 is 0 Å². The number of rotatable bonds is 0. The first-order chi connectivity index (χ1) is 7.89. The second-order valence-corrected chi connectivity index (χ2v) is 7.33. The van der Waals surface area contributed by atoms with Gasteiger partial charge in [-0.1, -0.05) is 64.7 Å². The third-order valence-electron chi connectivity index (χ3n) is 2.83. The van der Waals surface area contributed by atoms with Crippen molar-refractivity contribution in [3.8, 4) is 11.5 Å². The molecule has 0 aliphatic carbocycles. The number of phenols is 2. The van der Waals surface area contributed by atoms with Crippen LogP contribution in [0.1, 0.15) is 52.7 Å². The van der Waals surface area contributed by atoms with Crippen molar-refractivity contribution < 1.29 is 10.2 Å². The zero-order chi connectivity index (χ0) is 14.5. The first-order valence-electron chi connectivity index (χ1n) is 5.83. The van der Waals surface area contributed by atoms with E-state index in [9.17, 15) is 10.2 Å². The Morgan fingerprint density at radius 1 is 0.667 bits per heavy atom. The number of benzene rings is 1. The molecule has 0 radical (unpaired) electrons. The van der Waals surface area contributed by atoms with E-state index in [0.717, 1.165) is 0 Å². The molecule has 0 heterocycles. The minimum atomic E-state index is -0.404. The van der Waals surface area contributed by atoms with Crippen molar-refractivity contribution in [1.82, 2.24) is 0 Å². The molecule has 1 aromatic rings. The van der Waals surface area contributed by atoms with Crippen molar-refractivity contribution in [1.29, 1.82) is 0 Å². The summed E-state index contributed by atoms with van der Waals surface area (Å²) in [6, 6.07) is 0. The van der Waals surface area contributed by atoms with E-state index in [1.54, 1.807) is 0 Å². The van der Waals surface area contributed by atoms with Gasteiger partial charge in [0.15, 0.2) is 11.5 Å². The van der Waals surface area contributed by atoms with Crippen molar-refractivity contribution >= 4 is 23.2 Å². The number of halogens is 2. The minimum Gasteiger partial charge on any atom is -0.504 e. The van der Waals surface area contributed by atoms with Crippen LogP contribution in [0.4, 0.5) is 0 Å². The van der Waals surface area contributed by atoms with E-state index in [1.165, 1.54) is 0 Å². The van der Waals surface area contributed by atoms with E-state index in [-0.39, 0.29) is 11.5 Å². The lowest BCUT2D eigenvalue weighted by Gasteiger charge is -2.28. The summed E-state index contributed by atoms with van der Waals surface area (Å²) in [4.78, 5) is 0. The van der Waals surface area contributed by atoms with Gasteiger partial charge in [-0.3, -0.25) is 0 Å². The van der Waals surface area contributed by atoms with Crippen LogP contribution in [0.2, 0.25) is 10.0 Å². The highest BCUT2D eigenvalue weighted by atomic mass is 35.5. The number of aromatic hydroxyl groups is 2. The van der Waals surface area contributed by atoms with Crippen LogP contribution in [0, 0.1) is 0 Å². The van der Waals surface area contributed by atoms with Crippen LogP contribution in [0.5, 0.6) is 11.5 Å². The minimum absolute atomic E-state index is 0.179. The van der Waals surface area contributed by atoms with Gasteiger partial charge in [-0.25, -0.2) is 0 Å². The number of hydrogen-bond donors (Lipinski definition) is 2. The van der Waals surface area contributed by atoms with Crippen molar-refractivity contribution in [3.63, 3.8) is 0 Å². The fraction of sp³-hybridized carbons (Fsp3) is 0.571. The van der Waals surface area contributed by atoms with Crippen molar-refractivity contribution in [2.45, 2.75) is 52.4 Å². The third-order valence-corrected chi connectivity index (χ3v) is 3.68. The molecule has 0 saturated heterocycles. The van der Waals surface area contributed by atoms with Crippen molar-refractivity contribution in [2.24, 2.45) is 0 Å². The topological polar surface area (TPSA) is 40.5 Å².